The predicted molar refractivity (Wildman–Crippen MR) is 115 cm³/mol. The third-order valence-electron chi connectivity index (χ3n) is 4.05. The normalized spacial score (nSPS) is 12.0. The summed E-state index contributed by atoms with van der Waals surface area (Å²) in [4.78, 5) is 9.04. The van der Waals surface area contributed by atoms with Crippen LogP contribution in [0, 0.1) is 0 Å². The van der Waals surface area contributed by atoms with Gasteiger partial charge in [-0.1, -0.05) is 60.6 Å². The molecule has 0 spiro atoms. The molecule has 3 N–H and O–H groups in total. The van der Waals surface area contributed by atoms with E-state index in [2.05, 4.69) is 9.97 Å². The number of rotatable bonds is 8. The van der Waals surface area contributed by atoms with Crippen molar-refractivity contribution < 1.29 is 9.84 Å². The SMILES string of the molecule is CCc1nc(SCC(O)COc2ccccc2)nc(N)c1-c1ccc(Cl)cc1. The van der Waals surface area contributed by atoms with Crippen molar-refractivity contribution >= 4 is 29.2 Å². The van der Waals surface area contributed by atoms with Gasteiger partial charge >= 0.3 is 0 Å². The number of hydrogen-bond donors (Lipinski definition) is 2. The molecule has 0 aliphatic rings. The van der Waals surface area contributed by atoms with E-state index in [-0.39, 0.29) is 6.61 Å². The lowest BCUT2D eigenvalue weighted by Crippen LogP contribution is -2.20. The Morgan fingerprint density at radius 2 is 1.82 bits per heavy atom. The molecule has 0 radical (unpaired) electrons. The van der Waals surface area contributed by atoms with E-state index >= 15 is 0 Å². The quantitative estimate of drug-likeness (QED) is 0.417. The lowest BCUT2D eigenvalue weighted by atomic mass is 10.0. The minimum absolute atomic E-state index is 0.204. The lowest BCUT2D eigenvalue weighted by molar-refractivity contribution is 0.126. The number of benzene rings is 2. The zero-order chi connectivity index (χ0) is 19.9. The molecule has 0 saturated heterocycles. The number of ether oxygens (including phenoxy) is 1. The maximum Gasteiger partial charge on any atom is 0.189 e. The van der Waals surface area contributed by atoms with E-state index in [4.69, 9.17) is 22.1 Å². The van der Waals surface area contributed by atoms with Crippen LogP contribution < -0.4 is 10.5 Å². The van der Waals surface area contributed by atoms with Crippen LogP contribution in [-0.4, -0.2) is 33.5 Å². The molecule has 5 nitrogen and oxygen atoms in total. The summed E-state index contributed by atoms with van der Waals surface area (Å²) < 4.78 is 5.57. The van der Waals surface area contributed by atoms with Gasteiger partial charge in [-0.3, -0.25) is 0 Å². The summed E-state index contributed by atoms with van der Waals surface area (Å²) in [5.74, 6) is 1.56. The number of thioether (sulfide) groups is 1. The van der Waals surface area contributed by atoms with Gasteiger partial charge in [-0.05, 0) is 36.2 Å². The second-order valence-corrected chi connectivity index (χ2v) is 7.59. The Morgan fingerprint density at radius 3 is 2.50 bits per heavy atom. The highest BCUT2D eigenvalue weighted by Crippen LogP contribution is 2.31. The highest BCUT2D eigenvalue weighted by molar-refractivity contribution is 7.99. The van der Waals surface area contributed by atoms with Crippen molar-refractivity contribution in [3.63, 3.8) is 0 Å². The van der Waals surface area contributed by atoms with Crippen molar-refractivity contribution in [3.05, 3.63) is 65.3 Å². The fraction of sp³-hybridized carbons (Fsp3) is 0.238. The molecule has 3 aromatic rings. The molecule has 28 heavy (non-hydrogen) atoms. The molecule has 0 aliphatic carbocycles. The molecule has 146 valence electrons. The van der Waals surface area contributed by atoms with Crippen LogP contribution >= 0.6 is 23.4 Å². The van der Waals surface area contributed by atoms with Crippen LogP contribution in [0.4, 0.5) is 5.82 Å². The lowest BCUT2D eigenvalue weighted by Gasteiger charge is -2.14. The molecule has 0 fully saturated rings. The number of aryl methyl sites for hydroxylation is 1. The standard InChI is InChI=1S/C21H22ClN3O2S/c1-2-18-19(14-8-10-15(22)11-9-14)20(23)25-21(24-18)28-13-16(26)12-27-17-6-4-3-5-7-17/h3-11,16,26H,2,12-13H2,1H3,(H2,23,24,25). The second kappa shape index (κ2) is 9.78. The van der Waals surface area contributed by atoms with Gasteiger partial charge in [-0.15, -0.1) is 0 Å². The number of aromatic nitrogens is 2. The van der Waals surface area contributed by atoms with Crippen molar-refractivity contribution in [1.29, 1.82) is 0 Å². The highest BCUT2D eigenvalue weighted by Gasteiger charge is 2.15. The maximum atomic E-state index is 10.2. The zero-order valence-electron chi connectivity index (χ0n) is 15.5. The van der Waals surface area contributed by atoms with Crippen molar-refractivity contribution in [2.45, 2.75) is 24.6 Å². The van der Waals surface area contributed by atoms with Crippen molar-refractivity contribution in [3.8, 4) is 16.9 Å². The van der Waals surface area contributed by atoms with Gasteiger partial charge in [-0.2, -0.15) is 0 Å². The highest BCUT2D eigenvalue weighted by atomic mass is 35.5. The Kier molecular flexibility index (Phi) is 7.14. The summed E-state index contributed by atoms with van der Waals surface area (Å²) >= 11 is 7.33. The summed E-state index contributed by atoms with van der Waals surface area (Å²) in [7, 11) is 0. The number of nitrogen functional groups attached to an aromatic ring is 1. The van der Waals surface area contributed by atoms with Crippen LogP contribution in [0.3, 0.4) is 0 Å². The second-order valence-electron chi connectivity index (χ2n) is 6.16. The van der Waals surface area contributed by atoms with E-state index in [1.807, 2.05) is 61.5 Å². The van der Waals surface area contributed by atoms with Crippen molar-refractivity contribution in [1.82, 2.24) is 9.97 Å². The summed E-state index contributed by atoms with van der Waals surface area (Å²) in [6.45, 7) is 2.23. The van der Waals surface area contributed by atoms with E-state index in [0.717, 1.165) is 29.0 Å². The Bertz CT molecular complexity index is 908. The first-order valence-corrected chi connectivity index (χ1v) is 10.3. The van der Waals surface area contributed by atoms with Gasteiger partial charge in [0.1, 0.15) is 18.2 Å². The largest absolute Gasteiger partial charge is 0.491 e. The first kappa shape index (κ1) is 20.5. The fourth-order valence-corrected chi connectivity index (χ4v) is 3.58. The van der Waals surface area contributed by atoms with Crippen LogP contribution in [-0.2, 0) is 6.42 Å². The average molecular weight is 416 g/mol. The number of aliphatic hydroxyl groups is 1. The molecular formula is C21H22ClN3O2S. The minimum atomic E-state index is -0.643. The number of halogens is 1. The topological polar surface area (TPSA) is 81.3 Å². The summed E-state index contributed by atoms with van der Waals surface area (Å²) in [6, 6.07) is 16.9. The molecule has 2 aromatic carbocycles. The van der Waals surface area contributed by atoms with Gasteiger partial charge in [0.2, 0.25) is 0 Å². The molecule has 0 aliphatic heterocycles. The molecule has 1 heterocycles. The smallest absolute Gasteiger partial charge is 0.189 e. The third kappa shape index (κ3) is 5.38. The molecule has 0 saturated carbocycles. The fourth-order valence-electron chi connectivity index (χ4n) is 2.68. The third-order valence-corrected chi connectivity index (χ3v) is 5.29. The number of anilines is 1. The van der Waals surface area contributed by atoms with Gasteiger partial charge in [0, 0.05) is 16.3 Å². The molecule has 1 atom stereocenters. The molecule has 1 aromatic heterocycles. The number of nitrogens with two attached hydrogens (primary N) is 1. The summed E-state index contributed by atoms with van der Waals surface area (Å²) in [5, 5.41) is 11.4. The van der Waals surface area contributed by atoms with Crippen molar-refractivity contribution in [2.75, 3.05) is 18.1 Å². The minimum Gasteiger partial charge on any atom is -0.491 e. The van der Waals surface area contributed by atoms with Crippen molar-refractivity contribution in [2.24, 2.45) is 0 Å². The van der Waals surface area contributed by atoms with E-state index in [1.54, 1.807) is 0 Å². The number of hydrogen-bond acceptors (Lipinski definition) is 6. The Balaban J connectivity index is 1.66. The van der Waals surface area contributed by atoms with Gasteiger partial charge in [-0.25, -0.2) is 9.97 Å². The van der Waals surface area contributed by atoms with E-state index < -0.39 is 6.10 Å². The Morgan fingerprint density at radius 1 is 1.11 bits per heavy atom. The summed E-state index contributed by atoms with van der Waals surface area (Å²) in [6.07, 6.45) is 0.0776. The van der Waals surface area contributed by atoms with E-state index in [1.165, 1.54) is 11.8 Å². The summed E-state index contributed by atoms with van der Waals surface area (Å²) in [5.41, 5.74) is 8.86. The molecule has 1 unspecified atom stereocenters. The van der Waals surface area contributed by atoms with Crippen LogP contribution in [0.25, 0.3) is 11.1 Å². The monoisotopic (exact) mass is 415 g/mol. The van der Waals surface area contributed by atoms with E-state index in [0.29, 0.717) is 21.7 Å². The molecule has 7 heteroatoms. The van der Waals surface area contributed by atoms with Crippen LogP contribution in [0.15, 0.2) is 59.8 Å². The Hall–Kier alpha value is -2.28. The van der Waals surface area contributed by atoms with Crippen LogP contribution in [0.5, 0.6) is 5.75 Å². The number of para-hydroxylation sites is 1. The first-order valence-electron chi connectivity index (χ1n) is 8.98. The first-order chi connectivity index (χ1) is 13.6. The van der Waals surface area contributed by atoms with Crippen LogP contribution in [0.1, 0.15) is 12.6 Å². The molecular weight excluding hydrogens is 394 g/mol. The number of nitrogens with zero attached hydrogens (tertiary/aromatic N) is 2. The number of aliphatic hydroxyl groups excluding tert-OH is 1. The van der Waals surface area contributed by atoms with Gasteiger partial charge in [0.25, 0.3) is 0 Å². The van der Waals surface area contributed by atoms with E-state index in [9.17, 15) is 5.11 Å². The zero-order valence-corrected chi connectivity index (χ0v) is 17.1. The average Bonchev–Trinajstić information content (AvgIpc) is 2.72. The molecule has 0 bridgehead atoms. The molecule has 3 rings (SSSR count). The van der Waals surface area contributed by atoms with Gasteiger partial charge < -0.3 is 15.6 Å². The predicted octanol–water partition coefficient (Wildman–Crippen LogP) is 4.47. The van der Waals surface area contributed by atoms with Gasteiger partial charge in [0.05, 0.1) is 11.8 Å². The van der Waals surface area contributed by atoms with Gasteiger partial charge in [0.15, 0.2) is 5.16 Å². The Labute approximate surface area is 173 Å². The maximum absolute atomic E-state index is 10.2. The molecule has 0 amide bonds. The van der Waals surface area contributed by atoms with Crippen LogP contribution in [0.2, 0.25) is 5.02 Å².